The third kappa shape index (κ3) is 5.63. The van der Waals surface area contributed by atoms with Gasteiger partial charge < -0.3 is 9.47 Å². The first-order valence-electron chi connectivity index (χ1n) is 3.65. The minimum absolute atomic E-state index is 0.223. The molecule has 0 bridgehead atoms. The van der Waals surface area contributed by atoms with E-state index in [4.69, 9.17) is 27.9 Å². The number of carbonyl (C=O) groups excluding carboxylic acids is 1. The number of ether oxygens (including phenoxy) is 2. The van der Waals surface area contributed by atoms with Gasteiger partial charge in [-0.25, -0.2) is 0 Å². The maximum Gasteiger partial charge on any atom is 0.308 e. The zero-order valence-electron chi connectivity index (χ0n) is 7.05. The van der Waals surface area contributed by atoms with E-state index < -0.39 is 11.7 Å². The number of esters is 1. The van der Waals surface area contributed by atoms with Crippen molar-refractivity contribution in [2.24, 2.45) is 0 Å². The van der Waals surface area contributed by atoms with Gasteiger partial charge in [0, 0.05) is 12.3 Å². The van der Waals surface area contributed by atoms with Crippen LogP contribution in [0, 0.1) is 0 Å². The van der Waals surface area contributed by atoms with E-state index in [2.05, 4.69) is 4.74 Å². The zero-order chi connectivity index (χ0) is 9.56. The molecule has 0 aliphatic rings. The monoisotopic (exact) mass is 214 g/mol. The second-order valence-corrected chi connectivity index (χ2v) is 2.88. The van der Waals surface area contributed by atoms with Crippen LogP contribution in [-0.4, -0.2) is 23.7 Å². The predicted molar refractivity (Wildman–Crippen MR) is 47.3 cm³/mol. The van der Waals surface area contributed by atoms with Crippen molar-refractivity contribution in [3.63, 3.8) is 0 Å². The second kappa shape index (κ2) is 6.52. The molecular weight excluding hydrogens is 203 g/mol. The van der Waals surface area contributed by atoms with E-state index in [1.165, 1.54) is 0 Å². The molecule has 2 unspecified atom stereocenters. The molecule has 0 aliphatic heterocycles. The minimum Gasteiger partial charge on any atom is -0.421 e. The first-order chi connectivity index (χ1) is 5.60. The van der Waals surface area contributed by atoms with Gasteiger partial charge in [-0.15, -0.1) is 11.6 Å². The summed E-state index contributed by atoms with van der Waals surface area (Å²) < 4.78 is 9.58. The fraction of sp³-hybridized carbons (Fsp3) is 0.857. The van der Waals surface area contributed by atoms with E-state index in [1.807, 2.05) is 0 Å². The highest BCUT2D eigenvalue weighted by Gasteiger charge is 2.12. The molecule has 0 fully saturated rings. The maximum atomic E-state index is 10.7. The fourth-order valence-corrected chi connectivity index (χ4v) is 0.781. The summed E-state index contributed by atoms with van der Waals surface area (Å²) in [5.41, 5.74) is 0. The lowest BCUT2D eigenvalue weighted by molar-refractivity contribution is -0.166. The summed E-state index contributed by atoms with van der Waals surface area (Å²) in [5.74, 6) is -1.12. The Hall–Kier alpha value is 0.01000. The molecule has 0 aromatic heterocycles. The van der Waals surface area contributed by atoms with Crippen molar-refractivity contribution in [3.8, 4) is 0 Å². The van der Waals surface area contributed by atoms with E-state index in [1.54, 1.807) is 13.8 Å². The molecule has 0 aromatic carbocycles. The second-order valence-electron chi connectivity index (χ2n) is 2.22. The number of hydrogen-bond donors (Lipinski definition) is 0. The lowest BCUT2D eigenvalue weighted by Crippen LogP contribution is -2.21. The molecular formula is C7H12Cl2O3. The van der Waals surface area contributed by atoms with Crippen LogP contribution in [0.3, 0.4) is 0 Å². The van der Waals surface area contributed by atoms with E-state index in [0.29, 0.717) is 5.88 Å². The van der Waals surface area contributed by atoms with E-state index in [9.17, 15) is 4.79 Å². The Morgan fingerprint density at radius 2 is 2.17 bits per heavy atom. The highest BCUT2D eigenvalue weighted by molar-refractivity contribution is 6.19. The molecule has 0 amide bonds. The van der Waals surface area contributed by atoms with Gasteiger partial charge in [0.05, 0.1) is 6.10 Å². The SMILES string of the molecule is CCC(=O)OC(Cl)OC(C)CCl. The van der Waals surface area contributed by atoms with Gasteiger partial charge in [0.2, 0.25) is 0 Å². The molecule has 72 valence electrons. The number of hydrogen-bond acceptors (Lipinski definition) is 3. The molecule has 12 heavy (non-hydrogen) atoms. The average Bonchev–Trinajstić information content (AvgIpc) is 2.03. The van der Waals surface area contributed by atoms with Crippen LogP contribution in [0.25, 0.3) is 0 Å². The Morgan fingerprint density at radius 1 is 1.58 bits per heavy atom. The van der Waals surface area contributed by atoms with Crippen molar-refractivity contribution in [3.05, 3.63) is 0 Å². The van der Waals surface area contributed by atoms with Crippen LogP contribution in [0.2, 0.25) is 0 Å². The highest BCUT2D eigenvalue weighted by Crippen LogP contribution is 2.07. The summed E-state index contributed by atoms with van der Waals surface area (Å²) in [6.07, 6.45) is 0.0563. The minimum atomic E-state index is -1.04. The first kappa shape index (κ1) is 12.0. The summed E-state index contributed by atoms with van der Waals surface area (Å²) in [5, 5.41) is 0. The van der Waals surface area contributed by atoms with Gasteiger partial charge in [0.15, 0.2) is 0 Å². The lowest BCUT2D eigenvalue weighted by Gasteiger charge is -2.14. The molecule has 0 radical (unpaired) electrons. The Kier molecular flexibility index (Phi) is 6.52. The summed E-state index contributed by atoms with van der Waals surface area (Å²) in [6.45, 7) is 3.42. The van der Waals surface area contributed by atoms with Crippen LogP contribution < -0.4 is 0 Å². The largest absolute Gasteiger partial charge is 0.421 e. The van der Waals surface area contributed by atoms with Crippen LogP contribution in [0.15, 0.2) is 0 Å². The lowest BCUT2D eigenvalue weighted by atomic mass is 10.5. The number of alkyl halides is 2. The van der Waals surface area contributed by atoms with Gasteiger partial charge in [-0.05, 0) is 18.5 Å². The van der Waals surface area contributed by atoms with Crippen molar-refractivity contribution < 1.29 is 14.3 Å². The van der Waals surface area contributed by atoms with E-state index in [-0.39, 0.29) is 12.5 Å². The van der Waals surface area contributed by atoms with Crippen LogP contribution in [0.4, 0.5) is 0 Å². The summed E-state index contributed by atoms with van der Waals surface area (Å²) >= 11 is 10.9. The zero-order valence-corrected chi connectivity index (χ0v) is 8.56. The molecule has 0 N–H and O–H groups in total. The van der Waals surface area contributed by atoms with Gasteiger partial charge in [0.1, 0.15) is 0 Å². The highest BCUT2D eigenvalue weighted by atomic mass is 35.5. The Labute approximate surface area is 81.9 Å². The average molecular weight is 215 g/mol. The smallest absolute Gasteiger partial charge is 0.308 e. The maximum absolute atomic E-state index is 10.7. The molecule has 2 atom stereocenters. The topological polar surface area (TPSA) is 35.5 Å². The molecule has 0 aromatic rings. The van der Waals surface area contributed by atoms with Gasteiger partial charge in [-0.1, -0.05) is 6.92 Å². The Bertz CT molecular complexity index is 141. The van der Waals surface area contributed by atoms with Crippen molar-refractivity contribution >= 4 is 29.2 Å². The van der Waals surface area contributed by atoms with Gasteiger partial charge in [-0.3, -0.25) is 4.79 Å². The molecule has 0 saturated carbocycles. The summed E-state index contributed by atoms with van der Waals surface area (Å²) in [4.78, 5) is 10.7. The molecule has 0 spiro atoms. The normalized spacial score (nSPS) is 15.3. The van der Waals surface area contributed by atoms with Gasteiger partial charge >= 0.3 is 5.97 Å². The third-order valence-electron chi connectivity index (χ3n) is 1.07. The number of rotatable bonds is 5. The van der Waals surface area contributed by atoms with Crippen molar-refractivity contribution in [1.29, 1.82) is 0 Å². The molecule has 0 aliphatic carbocycles. The van der Waals surface area contributed by atoms with Gasteiger partial charge in [-0.2, -0.15) is 0 Å². The Morgan fingerprint density at radius 3 is 2.58 bits per heavy atom. The van der Waals surface area contributed by atoms with Crippen molar-refractivity contribution in [1.82, 2.24) is 0 Å². The quantitative estimate of drug-likeness (QED) is 0.400. The molecule has 0 saturated heterocycles. The fourth-order valence-electron chi connectivity index (χ4n) is 0.433. The van der Waals surface area contributed by atoms with Crippen LogP contribution in [-0.2, 0) is 14.3 Å². The number of carbonyl (C=O) groups is 1. The van der Waals surface area contributed by atoms with Crippen LogP contribution in [0.1, 0.15) is 20.3 Å². The molecule has 0 heterocycles. The van der Waals surface area contributed by atoms with Crippen molar-refractivity contribution in [2.75, 3.05) is 5.88 Å². The van der Waals surface area contributed by atoms with E-state index >= 15 is 0 Å². The summed E-state index contributed by atoms with van der Waals surface area (Å²) in [7, 11) is 0. The van der Waals surface area contributed by atoms with E-state index in [0.717, 1.165) is 0 Å². The Balaban J connectivity index is 3.58. The van der Waals surface area contributed by atoms with Crippen LogP contribution in [0.5, 0.6) is 0 Å². The third-order valence-corrected chi connectivity index (χ3v) is 1.70. The first-order valence-corrected chi connectivity index (χ1v) is 4.62. The molecule has 3 nitrogen and oxygen atoms in total. The molecule has 5 heteroatoms. The predicted octanol–water partition coefficient (Wildman–Crippen LogP) is 2.11. The number of halogens is 2. The van der Waals surface area contributed by atoms with Crippen molar-refractivity contribution in [2.45, 2.75) is 32.1 Å². The standard InChI is InChI=1S/C7H12Cl2O3/c1-3-6(10)12-7(9)11-5(2)4-8/h5,7H,3-4H2,1-2H3. The summed E-state index contributed by atoms with van der Waals surface area (Å²) in [6, 6.07) is 0. The molecule has 0 rings (SSSR count). The van der Waals surface area contributed by atoms with Crippen LogP contribution >= 0.6 is 23.2 Å². The van der Waals surface area contributed by atoms with Gasteiger partial charge in [0.25, 0.3) is 5.75 Å².